The molecule has 6 nitrogen and oxygen atoms in total. The van der Waals surface area contributed by atoms with Crippen LogP contribution < -0.4 is 5.32 Å². The average molecular weight is 409 g/mol. The Kier molecular flexibility index (Phi) is 3.84. The number of nitrogens with zero attached hydrogens (tertiary/aromatic N) is 2. The standard InChI is InChI=1S/C25H19N3O3/c1-13-27-28-25(31-13)15-11-9-14(10-12-15)20-21-18(7-4-8-19(21)29)26-23-16-5-2-3-6-17(16)24(30)22(20)23/h2-3,5-6,9-12,20,26H,4,7-8H2,1H3. The number of carbonyl (C=O) groups excluding carboxylic acids is 2. The zero-order valence-corrected chi connectivity index (χ0v) is 16.9. The summed E-state index contributed by atoms with van der Waals surface area (Å²) in [6.45, 7) is 1.75. The van der Waals surface area contributed by atoms with Gasteiger partial charge in [-0.3, -0.25) is 9.59 Å². The highest BCUT2D eigenvalue weighted by Gasteiger charge is 2.43. The molecule has 1 atom stereocenters. The van der Waals surface area contributed by atoms with Gasteiger partial charge in [0, 0.05) is 52.8 Å². The monoisotopic (exact) mass is 409 g/mol. The van der Waals surface area contributed by atoms with Gasteiger partial charge in [0.15, 0.2) is 11.6 Å². The van der Waals surface area contributed by atoms with Crippen LogP contribution in [0.25, 0.3) is 17.2 Å². The Morgan fingerprint density at radius 1 is 0.935 bits per heavy atom. The molecular weight excluding hydrogens is 390 g/mol. The molecule has 1 N–H and O–H groups in total. The summed E-state index contributed by atoms with van der Waals surface area (Å²) in [7, 11) is 0. The predicted molar refractivity (Wildman–Crippen MR) is 114 cm³/mol. The van der Waals surface area contributed by atoms with Gasteiger partial charge >= 0.3 is 0 Å². The van der Waals surface area contributed by atoms with Gasteiger partial charge in [0.1, 0.15) is 0 Å². The molecule has 2 aromatic carbocycles. The van der Waals surface area contributed by atoms with Crippen LogP contribution in [-0.2, 0) is 4.79 Å². The number of allylic oxidation sites excluding steroid dienone is 3. The molecule has 0 radical (unpaired) electrons. The maximum Gasteiger partial charge on any atom is 0.247 e. The molecular formula is C25H19N3O3. The molecule has 3 aromatic rings. The zero-order chi connectivity index (χ0) is 21.1. The van der Waals surface area contributed by atoms with Crippen molar-refractivity contribution in [1.29, 1.82) is 0 Å². The van der Waals surface area contributed by atoms with E-state index in [0.717, 1.165) is 46.5 Å². The van der Waals surface area contributed by atoms with Crippen molar-refractivity contribution < 1.29 is 14.0 Å². The molecule has 0 saturated carbocycles. The lowest BCUT2D eigenvalue weighted by molar-refractivity contribution is -0.116. The summed E-state index contributed by atoms with van der Waals surface area (Å²) >= 11 is 0. The molecule has 31 heavy (non-hydrogen) atoms. The highest BCUT2D eigenvalue weighted by atomic mass is 16.4. The van der Waals surface area contributed by atoms with Crippen LogP contribution in [0.15, 0.2) is 69.8 Å². The summed E-state index contributed by atoms with van der Waals surface area (Å²) in [5.74, 6) is 0.684. The minimum atomic E-state index is -0.377. The first kappa shape index (κ1) is 18.0. The van der Waals surface area contributed by atoms with E-state index in [4.69, 9.17) is 4.42 Å². The lowest BCUT2D eigenvalue weighted by Crippen LogP contribution is -2.31. The molecule has 0 amide bonds. The van der Waals surface area contributed by atoms with Gasteiger partial charge in [-0.05, 0) is 30.5 Å². The van der Waals surface area contributed by atoms with Crippen LogP contribution >= 0.6 is 0 Å². The molecule has 6 heteroatoms. The Morgan fingerprint density at radius 3 is 2.45 bits per heavy atom. The third kappa shape index (κ3) is 2.64. The van der Waals surface area contributed by atoms with Gasteiger partial charge in [0.05, 0.1) is 5.70 Å². The van der Waals surface area contributed by atoms with E-state index in [1.807, 2.05) is 48.5 Å². The van der Waals surface area contributed by atoms with E-state index in [2.05, 4.69) is 15.5 Å². The molecule has 2 aliphatic carbocycles. The number of ketones is 2. The second kappa shape index (κ2) is 6.60. The van der Waals surface area contributed by atoms with E-state index in [9.17, 15) is 9.59 Å². The molecule has 0 bridgehead atoms. The van der Waals surface area contributed by atoms with Crippen LogP contribution in [-0.4, -0.2) is 21.8 Å². The molecule has 0 saturated heterocycles. The van der Waals surface area contributed by atoms with Crippen molar-refractivity contribution in [3.63, 3.8) is 0 Å². The third-order valence-corrected chi connectivity index (χ3v) is 6.28. The Labute approximate surface area is 178 Å². The van der Waals surface area contributed by atoms with Crippen LogP contribution in [0.4, 0.5) is 0 Å². The molecule has 152 valence electrons. The molecule has 3 aliphatic rings. The zero-order valence-electron chi connectivity index (χ0n) is 16.9. The number of hydrogen-bond donors (Lipinski definition) is 1. The quantitative estimate of drug-likeness (QED) is 0.677. The average Bonchev–Trinajstić information content (AvgIpc) is 3.35. The Morgan fingerprint density at radius 2 is 1.71 bits per heavy atom. The minimum Gasteiger partial charge on any atom is -0.421 e. The van der Waals surface area contributed by atoms with E-state index >= 15 is 0 Å². The summed E-state index contributed by atoms with van der Waals surface area (Å²) in [5.41, 5.74) is 6.50. The Bertz CT molecular complexity index is 1330. The summed E-state index contributed by atoms with van der Waals surface area (Å²) in [6, 6.07) is 15.4. The number of hydrogen-bond acceptors (Lipinski definition) is 6. The lowest BCUT2D eigenvalue weighted by atomic mass is 9.75. The largest absolute Gasteiger partial charge is 0.421 e. The van der Waals surface area contributed by atoms with E-state index in [1.54, 1.807) is 6.92 Å². The van der Waals surface area contributed by atoms with Crippen molar-refractivity contribution >= 4 is 17.3 Å². The number of benzene rings is 2. The SMILES string of the molecule is Cc1nnc(-c2ccc(C3C4=C(CCCC4=O)NC4=C3C(=O)c3ccccc34)cc2)o1. The summed E-state index contributed by atoms with van der Waals surface area (Å²) < 4.78 is 5.53. The van der Waals surface area contributed by atoms with E-state index in [0.29, 0.717) is 29.3 Å². The molecule has 1 aromatic heterocycles. The minimum absolute atomic E-state index is 0.00961. The lowest BCUT2D eigenvalue weighted by Gasteiger charge is -2.33. The number of aryl methyl sites for hydroxylation is 1. The summed E-state index contributed by atoms with van der Waals surface area (Å²) in [4.78, 5) is 26.4. The smallest absolute Gasteiger partial charge is 0.247 e. The molecule has 6 rings (SSSR count). The van der Waals surface area contributed by atoms with E-state index in [1.165, 1.54) is 0 Å². The second-order valence-electron chi connectivity index (χ2n) is 8.14. The van der Waals surface area contributed by atoms with Crippen LogP contribution in [0.5, 0.6) is 0 Å². The Balaban J connectivity index is 1.50. The van der Waals surface area contributed by atoms with Gasteiger partial charge < -0.3 is 9.73 Å². The van der Waals surface area contributed by atoms with Crippen molar-refractivity contribution in [2.45, 2.75) is 32.1 Å². The molecule has 2 heterocycles. The van der Waals surface area contributed by atoms with Crippen molar-refractivity contribution in [2.24, 2.45) is 0 Å². The fourth-order valence-electron chi connectivity index (χ4n) is 4.90. The maximum absolute atomic E-state index is 13.4. The van der Waals surface area contributed by atoms with Gasteiger partial charge in [-0.25, -0.2) is 0 Å². The first-order valence-corrected chi connectivity index (χ1v) is 10.4. The molecule has 0 spiro atoms. The number of carbonyl (C=O) groups is 2. The van der Waals surface area contributed by atoms with Gasteiger partial charge in [-0.1, -0.05) is 36.4 Å². The predicted octanol–water partition coefficient (Wildman–Crippen LogP) is 4.35. The Hall–Kier alpha value is -3.80. The third-order valence-electron chi connectivity index (χ3n) is 6.28. The van der Waals surface area contributed by atoms with Crippen LogP contribution in [0.3, 0.4) is 0 Å². The second-order valence-corrected chi connectivity index (χ2v) is 8.14. The van der Waals surface area contributed by atoms with E-state index < -0.39 is 0 Å². The van der Waals surface area contributed by atoms with Gasteiger partial charge in [-0.2, -0.15) is 0 Å². The molecule has 0 fully saturated rings. The molecule has 1 aliphatic heterocycles. The highest BCUT2D eigenvalue weighted by molar-refractivity contribution is 6.23. The first-order valence-electron chi connectivity index (χ1n) is 10.4. The van der Waals surface area contributed by atoms with Crippen molar-refractivity contribution in [2.75, 3.05) is 0 Å². The summed E-state index contributed by atoms with van der Waals surface area (Å²) in [5, 5.41) is 11.4. The van der Waals surface area contributed by atoms with Crippen LogP contribution in [0, 0.1) is 6.92 Å². The fourth-order valence-corrected chi connectivity index (χ4v) is 4.90. The number of nitrogens with one attached hydrogen (secondary N) is 1. The van der Waals surface area contributed by atoms with Gasteiger partial charge in [0.25, 0.3) is 0 Å². The number of fused-ring (bicyclic) bond motifs is 2. The number of rotatable bonds is 2. The number of dihydropyridines is 1. The fraction of sp³-hybridized carbons (Fsp3) is 0.200. The van der Waals surface area contributed by atoms with E-state index in [-0.39, 0.29) is 17.5 Å². The van der Waals surface area contributed by atoms with Gasteiger partial charge in [0.2, 0.25) is 11.8 Å². The van der Waals surface area contributed by atoms with Crippen molar-refractivity contribution in [3.8, 4) is 11.5 Å². The maximum atomic E-state index is 13.4. The number of Topliss-reactive ketones (excluding diaryl/α,β-unsaturated/α-hetero) is 2. The topological polar surface area (TPSA) is 85.1 Å². The van der Waals surface area contributed by atoms with Gasteiger partial charge in [-0.15, -0.1) is 10.2 Å². The first-order chi connectivity index (χ1) is 15.1. The van der Waals surface area contributed by atoms with Crippen LogP contribution in [0.1, 0.15) is 52.6 Å². The summed E-state index contributed by atoms with van der Waals surface area (Å²) in [6.07, 6.45) is 2.15. The molecule has 1 unspecified atom stereocenters. The normalized spacial score (nSPS) is 19.8. The number of aromatic nitrogens is 2. The van der Waals surface area contributed by atoms with Crippen molar-refractivity contribution in [1.82, 2.24) is 15.5 Å². The highest BCUT2D eigenvalue weighted by Crippen LogP contribution is 2.48. The van der Waals surface area contributed by atoms with Crippen LogP contribution in [0.2, 0.25) is 0 Å². The van der Waals surface area contributed by atoms with Crippen molar-refractivity contribution in [3.05, 3.63) is 88.0 Å².